The second-order valence-corrected chi connectivity index (χ2v) is 5.71. The van der Waals surface area contributed by atoms with Gasteiger partial charge in [-0.1, -0.05) is 0 Å². The predicted molar refractivity (Wildman–Crippen MR) is 68.7 cm³/mol. The second-order valence-electron chi connectivity index (χ2n) is 4.02. The largest absolute Gasteiger partial charge is 0.347 e. The van der Waals surface area contributed by atoms with E-state index in [0.717, 1.165) is 5.69 Å². The van der Waals surface area contributed by atoms with Gasteiger partial charge >= 0.3 is 0 Å². The Balaban J connectivity index is 2.19. The second kappa shape index (κ2) is 5.51. The highest BCUT2D eigenvalue weighted by molar-refractivity contribution is 7.89. The smallest absolute Gasteiger partial charge is 0.260 e. The molecule has 0 aromatic carbocycles. The summed E-state index contributed by atoms with van der Waals surface area (Å²) in [5, 5.41) is 9.49. The summed E-state index contributed by atoms with van der Waals surface area (Å²) in [7, 11) is -1.91. The number of aryl methyl sites for hydroxylation is 1. The van der Waals surface area contributed by atoms with E-state index in [0.29, 0.717) is 17.9 Å². The third kappa shape index (κ3) is 3.00. The molecule has 2 heterocycles. The maximum atomic E-state index is 12.2. The molecule has 0 spiro atoms. The molecular formula is C10H16N6O2S. The maximum absolute atomic E-state index is 12.2. The van der Waals surface area contributed by atoms with Crippen LogP contribution < -0.4 is 10.0 Å². The fourth-order valence-corrected chi connectivity index (χ4v) is 2.84. The van der Waals surface area contributed by atoms with Crippen LogP contribution in [0.1, 0.15) is 17.1 Å². The van der Waals surface area contributed by atoms with E-state index in [2.05, 4.69) is 30.2 Å². The monoisotopic (exact) mass is 284 g/mol. The van der Waals surface area contributed by atoms with Crippen LogP contribution in [0.3, 0.4) is 0 Å². The van der Waals surface area contributed by atoms with Crippen molar-refractivity contribution in [1.82, 2.24) is 30.2 Å². The molecule has 8 nitrogen and oxygen atoms in total. The van der Waals surface area contributed by atoms with Gasteiger partial charge in [-0.15, -0.1) is 0 Å². The first-order valence-corrected chi connectivity index (χ1v) is 7.19. The van der Waals surface area contributed by atoms with Crippen LogP contribution in [0.25, 0.3) is 0 Å². The van der Waals surface area contributed by atoms with Crippen molar-refractivity contribution in [1.29, 1.82) is 0 Å². The summed E-state index contributed by atoms with van der Waals surface area (Å²) in [4.78, 5) is 6.78. The van der Waals surface area contributed by atoms with Crippen LogP contribution in [0.15, 0.2) is 17.4 Å². The molecule has 0 aliphatic carbocycles. The normalized spacial score (nSPS) is 11.9. The topological polar surface area (TPSA) is 116 Å². The van der Waals surface area contributed by atoms with Gasteiger partial charge in [-0.25, -0.2) is 18.1 Å². The number of hydrogen-bond donors (Lipinski definition) is 4. The Bertz CT molecular complexity index is 631. The summed E-state index contributed by atoms with van der Waals surface area (Å²) in [6.07, 6.45) is 3.20. The lowest BCUT2D eigenvalue weighted by Gasteiger charge is -2.05. The van der Waals surface area contributed by atoms with E-state index in [1.165, 1.54) is 0 Å². The number of nitrogens with zero attached hydrogens (tertiary/aromatic N) is 2. The number of aromatic nitrogens is 4. The Morgan fingerprint density at radius 2 is 2.16 bits per heavy atom. The van der Waals surface area contributed by atoms with Crippen molar-refractivity contribution >= 4 is 10.0 Å². The van der Waals surface area contributed by atoms with Gasteiger partial charge in [0.25, 0.3) is 10.0 Å². The first kappa shape index (κ1) is 13.7. The van der Waals surface area contributed by atoms with E-state index in [1.807, 2.05) is 0 Å². The minimum atomic E-state index is -3.66. The molecule has 0 amide bonds. The lowest BCUT2D eigenvalue weighted by Crippen LogP contribution is -2.25. The molecule has 2 aromatic heterocycles. The van der Waals surface area contributed by atoms with Crippen LogP contribution >= 0.6 is 0 Å². The molecule has 9 heteroatoms. The Morgan fingerprint density at radius 1 is 1.37 bits per heavy atom. The number of aromatic amines is 2. The molecule has 0 saturated carbocycles. The van der Waals surface area contributed by atoms with Gasteiger partial charge in [-0.3, -0.25) is 5.10 Å². The van der Waals surface area contributed by atoms with Crippen LogP contribution in [-0.2, 0) is 23.1 Å². The summed E-state index contributed by atoms with van der Waals surface area (Å²) in [6.45, 7) is 2.31. The summed E-state index contributed by atoms with van der Waals surface area (Å²) in [6, 6.07) is 0. The van der Waals surface area contributed by atoms with E-state index < -0.39 is 10.0 Å². The average Bonchev–Trinajstić information content (AvgIpc) is 2.99. The average molecular weight is 284 g/mol. The maximum Gasteiger partial charge on any atom is 0.260 e. The molecule has 0 radical (unpaired) electrons. The Morgan fingerprint density at radius 3 is 2.79 bits per heavy atom. The number of imidazole rings is 1. The van der Waals surface area contributed by atoms with E-state index in [4.69, 9.17) is 0 Å². The van der Waals surface area contributed by atoms with Gasteiger partial charge in [-0.05, 0) is 14.0 Å². The Hall–Kier alpha value is -1.71. The predicted octanol–water partition coefficient (Wildman–Crippen LogP) is -0.361. The first-order valence-electron chi connectivity index (χ1n) is 5.71. The van der Waals surface area contributed by atoms with Gasteiger partial charge < -0.3 is 10.3 Å². The number of hydrogen-bond acceptors (Lipinski definition) is 5. The van der Waals surface area contributed by atoms with Gasteiger partial charge in [0, 0.05) is 30.2 Å². The quantitative estimate of drug-likeness (QED) is 0.578. The minimum Gasteiger partial charge on any atom is -0.347 e. The van der Waals surface area contributed by atoms with Gasteiger partial charge in [0.05, 0.1) is 6.54 Å². The molecule has 0 atom stereocenters. The van der Waals surface area contributed by atoms with Crippen molar-refractivity contribution in [3.05, 3.63) is 29.5 Å². The standard InChI is InChI=1S/C10H16N6O2S/c1-7-8(5-11-2)10(16-15-7)19(17,18)14-6-9-12-3-4-13-9/h3-4,11,14H,5-6H2,1-2H3,(H,12,13)(H,15,16). The summed E-state index contributed by atoms with van der Waals surface area (Å²) in [5.41, 5.74) is 1.36. The fourth-order valence-electron chi connectivity index (χ4n) is 1.66. The lowest BCUT2D eigenvalue weighted by atomic mass is 10.3. The third-order valence-corrected chi connectivity index (χ3v) is 4.00. The van der Waals surface area contributed by atoms with Gasteiger partial charge in [-0.2, -0.15) is 5.10 Å². The Labute approximate surface area is 111 Å². The number of rotatable bonds is 6. The van der Waals surface area contributed by atoms with E-state index in [1.54, 1.807) is 26.4 Å². The van der Waals surface area contributed by atoms with Crippen LogP contribution in [0, 0.1) is 6.92 Å². The summed E-state index contributed by atoms with van der Waals surface area (Å²) < 4.78 is 26.8. The number of H-pyrrole nitrogens is 2. The molecule has 0 aliphatic rings. The van der Waals surface area contributed by atoms with Crippen molar-refractivity contribution in [3.8, 4) is 0 Å². The summed E-state index contributed by atoms with van der Waals surface area (Å²) in [5.74, 6) is 0.547. The van der Waals surface area contributed by atoms with Gasteiger partial charge in [0.2, 0.25) is 0 Å². The first-order chi connectivity index (χ1) is 9.04. The molecule has 2 rings (SSSR count). The SMILES string of the molecule is CNCc1c(S(=O)(=O)NCc2ncc[nH]2)n[nH]c1C. The molecule has 0 bridgehead atoms. The molecule has 104 valence electrons. The zero-order chi connectivity index (χ0) is 13.9. The lowest BCUT2D eigenvalue weighted by molar-refractivity contribution is 0.573. The van der Waals surface area contributed by atoms with Gasteiger partial charge in [0.15, 0.2) is 5.03 Å². The Kier molecular flexibility index (Phi) is 3.98. The molecule has 2 aromatic rings. The molecule has 0 fully saturated rings. The van der Waals surface area contributed by atoms with E-state index >= 15 is 0 Å². The van der Waals surface area contributed by atoms with Crippen LogP contribution in [0.5, 0.6) is 0 Å². The molecular weight excluding hydrogens is 268 g/mol. The number of sulfonamides is 1. The molecule has 4 N–H and O–H groups in total. The van der Waals surface area contributed by atoms with Crippen LogP contribution in [0.2, 0.25) is 0 Å². The van der Waals surface area contributed by atoms with Crippen molar-refractivity contribution in [2.75, 3.05) is 7.05 Å². The van der Waals surface area contributed by atoms with E-state index in [-0.39, 0.29) is 11.6 Å². The zero-order valence-corrected chi connectivity index (χ0v) is 11.5. The van der Waals surface area contributed by atoms with Crippen LogP contribution in [0.4, 0.5) is 0 Å². The molecule has 19 heavy (non-hydrogen) atoms. The highest BCUT2D eigenvalue weighted by Gasteiger charge is 2.23. The van der Waals surface area contributed by atoms with Crippen molar-refractivity contribution in [2.24, 2.45) is 0 Å². The minimum absolute atomic E-state index is 0.0194. The zero-order valence-electron chi connectivity index (χ0n) is 10.7. The highest BCUT2D eigenvalue weighted by atomic mass is 32.2. The van der Waals surface area contributed by atoms with Gasteiger partial charge in [0.1, 0.15) is 5.82 Å². The van der Waals surface area contributed by atoms with Crippen molar-refractivity contribution < 1.29 is 8.42 Å². The molecule has 0 aliphatic heterocycles. The molecule has 0 saturated heterocycles. The van der Waals surface area contributed by atoms with Crippen molar-refractivity contribution in [3.63, 3.8) is 0 Å². The highest BCUT2D eigenvalue weighted by Crippen LogP contribution is 2.15. The fraction of sp³-hybridized carbons (Fsp3) is 0.400. The summed E-state index contributed by atoms with van der Waals surface area (Å²) >= 11 is 0. The van der Waals surface area contributed by atoms with E-state index in [9.17, 15) is 8.42 Å². The third-order valence-electron chi connectivity index (χ3n) is 2.63. The number of nitrogens with one attached hydrogen (secondary N) is 4. The van der Waals surface area contributed by atoms with Crippen molar-refractivity contribution in [2.45, 2.75) is 25.0 Å². The van der Waals surface area contributed by atoms with Crippen LogP contribution in [-0.4, -0.2) is 35.6 Å². The molecule has 0 unspecified atom stereocenters.